The standard InChI is InChI=1S/C29H25FN4O7/c1-16-25(22-5-4-10-39-22)27(35)18(15-32-16)28(36)33-17-6-7-21(19(30)13-17)41-23-8-9-31-20-14-24(40-12-11-37-2)29(38-3)34-26(20)23/h4-10,13-15H,11-12H2,1-3H3,(H,32,35)(H,33,36). The number of anilines is 1. The molecule has 0 atom stereocenters. The molecule has 4 aromatic heterocycles. The number of amides is 1. The highest BCUT2D eigenvalue weighted by Crippen LogP contribution is 2.37. The fraction of sp³-hybridized carbons (Fsp3) is 0.172. The zero-order chi connectivity index (χ0) is 28.9. The highest BCUT2D eigenvalue weighted by atomic mass is 19.1. The molecule has 12 heteroatoms. The summed E-state index contributed by atoms with van der Waals surface area (Å²) >= 11 is 0. The summed E-state index contributed by atoms with van der Waals surface area (Å²) < 4.78 is 42.3. The molecule has 0 saturated carbocycles. The number of carbonyl (C=O) groups excluding carboxylic acids is 1. The minimum absolute atomic E-state index is 0.100. The Hall–Kier alpha value is -5.23. The van der Waals surface area contributed by atoms with Crippen molar-refractivity contribution in [3.8, 4) is 40.2 Å². The third-order valence-corrected chi connectivity index (χ3v) is 6.01. The number of hydrogen-bond acceptors (Lipinski definition) is 10. The van der Waals surface area contributed by atoms with Gasteiger partial charge in [0.15, 0.2) is 23.1 Å². The Morgan fingerprint density at radius 2 is 1.93 bits per heavy atom. The Morgan fingerprint density at radius 3 is 2.66 bits per heavy atom. The Bertz CT molecular complexity index is 1710. The molecule has 0 aliphatic rings. The molecule has 1 aromatic carbocycles. The van der Waals surface area contributed by atoms with Gasteiger partial charge in [-0.25, -0.2) is 9.37 Å². The molecule has 0 bridgehead atoms. The van der Waals surface area contributed by atoms with E-state index >= 15 is 4.39 Å². The zero-order valence-electron chi connectivity index (χ0n) is 22.3. The average Bonchev–Trinajstić information content (AvgIpc) is 3.49. The second-order valence-electron chi connectivity index (χ2n) is 8.67. The van der Waals surface area contributed by atoms with E-state index < -0.39 is 11.7 Å². The minimum Gasteiger partial charge on any atom is -0.506 e. The van der Waals surface area contributed by atoms with Crippen LogP contribution in [0, 0.1) is 12.7 Å². The number of furan rings is 1. The maximum atomic E-state index is 15.1. The smallest absolute Gasteiger partial charge is 0.261 e. The summed E-state index contributed by atoms with van der Waals surface area (Å²) in [6.45, 7) is 2.35. The van der Waals surface area contributed by atoms with Crippen LogP contribution in [-0.2, 0) is 4.74 Å². The van der Waals surface area contributed by atoms with E-state index in [1.807, 2.05) is 0 Å². The molecule has 0 aliphatic heterocycles. The van der Waals surface area contributed by atoms with E-state index in [-0.39, 0.29) is 41.0 Å². The Labute approximate surface area is 233 Å². The van der Waals surface area contributed by atoms with Crippen molar-refractivity contribution < 1.29 is 37.7 Å². The van der Waals surface area contributed by atoms with E-state index in [9.17, 15) is 9.90 Å². The van der Waals surface area contributed by atoms with Crippen LogP contribution in [-0.4, -0.2) is 53.4 Å². The number of nitrogens with one attached hydrogen (secondary N) is 1. The lowest BCUT2D eigenvalue weighted by Crippen LogP contribution is -2.13. The first kappa shape index (κ1) is 27.3. The van der Waals surface area contributed by atoms with E-state index in [0.29, 0.717) is 40.4 Å². The van der Waals surface area contributed by atoms with Gasteiger partial charge >= 0.3 is 0 Å². The van der Waals surface area contributed by atoms with Crippen molar-refractivity contribution in [1.29, 1.82) is 0 Å². The first-order valence-corrected chi connectivity index (χ1v) is 12.4. The molecule has 0 saturated heterocycles. The van der Waals surface area contributed by atoms with E-state index in [4.69, 9.17) is 23.4 Å². The first-order chi connectivity index (χ1) is 19.9. The number of ether oxygens (including phenoxy) is 4. The fourth-order valence-electron chi connectivity index (χ4n) is 4.03. The summed E-state index contributed by atoms with van der Waals surface area (Å²) in [5.41, 5.74) is 1.58. The van der Waals surface area contributed by atoms with Gasteiger partial charge < -0.3 is 33.8 Å². The molecule has 5 aromatic rings. The summed E-state index contributed by atoms with van der Waals surface area (Å²) in [5.74, 6) is -0.679. The highest BCUT2D eigenvalue weighted by Gasteiger charge is 2.21. The van der Waals surface area contributed by atoms with Crippen molar-refractivity contribution in [1.82, 2.24) is 15.0 Å². The van der Waals surface area contributed by atoms with E-state index in [2.05, 4.69) is 20.3 Å². The Balaban J connectivity index is 1.37. The molecular formula is C29H25FN4O7. The average molecular weight is 561 g/mol. The number of methoxy groups -OCH3 is 2. The van der Waals surface area contributed by atoms with E-state index in [1.54, 1.807) is 38.3 Å². The van der Waals surface area contributed by atoms with Crippen LogP contribution < -0.4 is 19.5 Å². The maximum absolute atomic E-state index is 15.1. The van der Waals surface area contributed by atoms with Gasteiger partial charge in [-0.2, -0.15) is 0 Å². The van der Waals surface area contributed by atoms with Gasteiger partial charge in [-0.15, -0.1) is 0 Å². The highest BCUT2D eigenvalue weighted by molar-refractivity contribution is 6.07. The fourth-order valence-corrected chi connectivity index (χ4v) is 4.03. The number of rotatable bonds is 10. The number of halogens is 1. The van der Waals surface area contributed by atoms with Gasteiger partial charge in [0.05, 0.1) is 36.8 Å². The number of aromatic hydroxyl groups is 1. The van der Waals surface area contributed by atoms with Crippen molar-refractivity contribution in [3.05, 3.63) is 78.2 Å². The molecule has 11 nitrogen and oxygen atoms in total. The normalized spacial score (nSPS) is 10.9. The number of benzene rings is 1. The third-order valence-electron chi connectivity index (χ3n) is 6.01. The molecule has 0 aliphatic carbocycles. The number of carbonyl (C=O) groups is 1. The van der Waals surface area contributed by atoms with Crippen LogP contribution >= 0.6 is 0 Å². The Morgan fingerprint density at radius 1 is 1.07 bits per heavy atom. The molecule has 0 unspecified atom stereocenters. The molecule has 0 radical (unpaired) electrons. The lowest BCUT2D eigenvalue weighted by Gasteiger charge is -2.14. The third kappa shape index (κ3) is 5.72. The van der Waals surface area contributed by atoms with Crippen LogP contribution in [0.15, 0.2) is 65.5 Å². The molecule has 2 N–H and O–H groups in total. The van der Waals surface area contributed by atoms with Gasteiger partial charge in [-0.05, 0) is 31.2 Å². The number of fused-ring (bicyclic) bond motifs is 1. The van der Waals surface area contributed by atoms with Crippen molar-refractivity contribution in [2.24, 2.45) is 0 Å². The zero-order valence-corrected chi connectivity index (χ0v) is 22.3. The number of hydrogen-bond donors (Lipinski definition) is 2. The summed E-state index contributed by atoms with van der Waals surface area (Å²) in [6, 6.07) is 10.4. The van der Waals surface area contributed by atoms with Crippen molar-refractivity contribution in [2.75, 3.05) is 32.8 Å². The van der Waals surface area contributed by atoms with Gasteiger partial charge in [-0.3, -0.25) is 14.8 Å². The lowest BCUT2D eigenvalue weighted by molar-refractivity contribution is 0.102. The molecule has 1 amide bonds. The topological polar surface area (TPSA) is 138 Å². The molecule has 41 heavy (non-hydrogen) atoms. The molecule has 0 fully saturated rings. The van der Waals surface area contributed by atoms with Crippen molar-refractivity contribution in [2.45, 2.75) is 6.92 Å². The van der Waals surface area contributed by atoms with Crippen LogP contribution in [0.2, 0.25) is 0 Å². The Kier molecular flexibility index (Phi) is 7.92. The van der Waals surface area contributed by atoms with Crippen molar-refractivity contribution in [3.63, 3.8) is 0 Å². The number of nitrogens with zero attached hydrogens (tertiary/aromatic N) is 3. The molecular weight excluding hydrogens is 535 g/mol. The number of aryl methyl sites for hydroxylation is 1. The van der Waals surface area contributed by atoms with Gasteiger partial charge in [0.25, 0.3) is 11.8 Å². The summed E-state index contributed by atoms with van der Waals surface area (Å²) in [7, 11) is 3.01. The SMILES string of the molecule is COCCOc1cc2nccc(Oc3ccc(NC(=O)c4cnc(C)c(-c5ccco5)c4O)cc3F)c2nc1OC. The van der Waals surface area contributed by atoms with Gasteiger partial charge in [0.1, 0.15) is 29.2 Å². The van der Waals surface area contributed by atoms with Gasteiger partial charge in [0.2, 0.25) is 0 Å². The number of pyridine rings is 3. The van der Waals surface area contributed by atoms with Gasteiger partial charge in [0, 0.05) is 43.4 Å². The van der Waals surface area contributed by atoms with Crippen LogP contribution in [0.3, 0.4) is 0 Å². The molecule has 210 valence electrons. The number of aromatic nitrogens is 3. The molecule has 5 rings (SSSR count). The largest absolute Gasteiger partial charge is 0.506 e. The predicted octanol–water partition coefficient (Wildman–Crippen LogP) is 5.52. The monoisotopic (exact) mass is 560 g/mol. The van der Waals surface area contributed by atoms with Gasteiger partial charge in [-0.1, -0.05) is 0 Å². The van der Waals surface area contributed by atoms with Crippen LogP contribution in [0.4, 0.5) is 10.1 Å². The van der Waals surface area contributed by atoms with E-state index in [0.717, 1.165) is 6.07 Å². The van der Waals surface area contributed by atoms with Crippen molar-refractivity contribution >= 4 is 22.6 Å². The van der Waals surface area contributed by atoms with Crippen LogP contribution in [0.5, 0.6) is 28.9 Å². The van der Waals surface area contributed by atoms with Crippen LogP contribution in [0.25, 0.3) is 22.4 Å². The summed E-state index contributed by atoms with van der Waals surface area (Å²) in [5, 5.41) is 13.3. The van der Waals surface area contributed by atoms with Crippen LogP contribution in [0.1, 0.15) is 16.1 Å². The second-order valence-corrected chi connectivity index (χ2v) is 8.67. The summed E-state index contributed by atoms with van der Waals surface area (Å²) in [4.78, 5) is 25.9. The first-order valence-electron chi connectivity index (χ1n) is 12.4. The maximum Gasteiger partial charge on any atom is 0.261 e. The quantitative estimate of drug-likeness (QED) is 0.210. The minimum atomic E-state index is -0.748. The second kappa shape index (κ2) is 11.9. The molecule has 4 heterocycles. The summed E-state index contributed by atoms with van der Waals surface area (Å²) in [6.07, 6.45) is 4.19. The lowest BCUT2D eigenvalue weighted by atomic mass is 10.1. The van der Waals surface area contributed by atoms with E-state index in [1.165, 1.54) is 37.9 Å². The predicted molar refractivity (Wildman–Crippen MR) is 146 cm³/mol. The molecule has 0 spiro atoms.